The Morgan fingerprint density at radius 2 is 1.94 bits per heavy atom. The number of piperidine rings is 1. The SMILES string of the molecule is CS(=O)(=O)N1CCC(CCn2cnc(=N)c3[nH]c(Sc4cc5c(cc4Br)OCCO5)nc32)CC1. The number of aromatic amines is 1. The molecular weight excluding hydrogens is 544 g/mol. The van der Waals surface area contributed by atoms with E-state index in [1.807, 2.05) is 16.7 Å². The minimum absolute atomic E-state index is 0.147. The second-order valence-electron chi connectivity index (χ2n) is 8.45. The van der Waals surface area contributed by atoms with Crippen molar-refractivity contribution in [3.05, 3.63) is 28.4 Å². The van der Waals surface area contributed by atoms with Crippen molar-refractivity contribution >= 4 is 48.9 Å². The first-order valence-electron chi connectivity index (χ1n) is 11.0. The molecule has 34 heavy (non-hydrogen) atoms. The highest BCUT2D eigenvalue weighted by Gasteiger charge is 2.25. The molecule has 5 rings (SSSR count). The summed E-state index contributed by atoms with van der Waals surface area (Å²) in [5.74, 6) is 1.86. The van der Waals surface area contributed by atoms with Crippen LogP contribution in [0.3, 0.4) is 0 Å². The molecule has 4 heterocycles. The number of sulfonamides is 1. The summed E-state index contributed by atoms with van der Waals surface area (Å²) in [6.07, 6.45) is 5.52. The molecule has 182 valence electrons. The molecule has 13 heteroatoms. The maximum Gasteiger partial charge on any atom is 0.211 e. The van der Waals surface area contributed by atoms with E-state index >= 15 is 0 Å². The third-order valence-corrected chi connectivity index (χ3v) is 9.29. The maximum absolute atomic E-state index is 11.7. The molecule has 1 saturated heterocycles. The van der Waals surface area contributed by atoms with Crippen molar-refractivity contribution in [2.45, 2.75) is 35.9 Å². The molecule has 0 bridgehead atoms. The van der Waals surface area contributed by atoms with Crippen LogP contribution in [0.4, 0.5) is 0 Å². The molecule has 0 unspecified atom stereocenters. The smallest absolute Gasteiger partial charge is 0.211 e. The summed E-state index contributed by atoms with van der Waals surface area (Å²) in [7, 11) is -3.12. The fourth-order valence-corrected chi connectivity index (χ4v) is 6.51. The van der Waals surface area contributed by atoms with Crippen LogP contribution in [0.15, 0.2) is 33.0 Å². The molecule has 2 aliphatic heterocycles. The fourth-order valence-electron chi connectivity index (χ4n) is 4.25. The monoisotopic (exact) mass is 568 g/mol. The van der Waals surface area contributed by atoms with E-state index in [1.54, 1.807) is 10.6 Å². The van der Waals surface area contributed by atoms with Crippen LogP contribution in [0, 0.1) is 11.3 Å². The van der Waals surface area contributed by atoms with Gasteiger partial charge in [0.15, 0.2) is 27.8 Å². The Morgan fingerprint density at radius 3 is 2.65 bits per heavy atom. The third-order valence-electron chi connectivity index (χ3n) is 6.12. The first-order valence-corrected chi connectivity index (χ1v) is 14.5. The van der Waals surface area contributed by atoms with Crippen molar-refractivity contribution in [2.24, 2.45) is 5.92 Å². The van der Waals surface area contributed by atoms with Gasteiger partial charge in [-0.05, 0) is 53.2 Å². The molecule has 3 aromatic rings. The van der Waals surface area contributed by atoms with Crippen molar-refractivity contribution in [2.75, 3.05) is 32.6 Å². The summed E-state index contributed by atoms with van der Waals surface area (Å²) in [5.41, 5.74) is 1.42. The maximum atomic E-state index is 11.7. The zero-order valence-electron chi connectivity index (χ0n) is 18.6. The molecule has 10 nitrogen and oxygen atoms in total. The molecule has 0 aliphatic carbocycles. The van der Waals surface area contributed by atoms with E-state index in [0.29, 0.717) is 66.6 Å². The number of rotatable bonds is 6. The third kappa shape index (κ3) is 4.97. The summed E-state index contributed by atoms with van der Waals surface area (Å²) in [6, 6.07) is 3.82. The Labute approximate surface area is 209 Å². The highest BCUT2D eigenvalue weighted by Crippen LogP contribution is 2.41. The molecule has 0 amide bonds. The molecular formula is C21H25BrN6O4S2. The molecule has 0 saturated carbocycles. The van der Waals surface area contributed by atoms with Crippen LogP contribution in [0.5, 0.6) is 11.5 Å². The van der Waals surface area contributed by atoms with Crippen LogP contribution in [0.1, 0.15) is 19.3 Å². The van der Waals surface area contributed by atoms with Crippen molar-refractivity contribution in [1.29, 1.82) is 5.41 Å². The predicted octanol–water partition coefficient (Wildman–Crippen LogP) is 2.99. The van der Waals surface area contributed by atoms with E-state index < -0.39 is 10.0 Å². The number of imidazole rings is 1. The number of aromatic nitrogens is 4. The number of aryl methyl sites for hydroxylation is 1. The lowest BCUT2D eigenvalue weighted by atomic mass is 9.95. The Kier molecular flexibility index (Phi) is 6.62. The number of H-pyrrole nitrogens is 1. The van der Waals surface area contributed by atoms with Gasteiger partial charge in [0, 0.05) is 29.0 Å². The van der Waals surface area contributed by atoms with Gasteiger partial charge < -0.3 is 19.0 Å². The van der Waals surface area contributed by atoms with Gasteiger partial charge in [0.05, 0.1) is 12.6 Å². The first kappa shape index (κ1) is 23.6. The van der Waals surface area contributed by atoms with Crippen LogP contribution < -0.4 is 15.0 Å². The quantitative estimate of drug-likeness (QED) is 0.468. The first-order chi connectivity index (χ1) is 16.3. The van der Waals surface area contributed by atoms with Crippen molar-refractivity contribution < 1.29 is 17.9 Å². The van der Waals surface area contributed by atoms with Crippen LogP contribution in [0.25, 0.3) is 11.2 Å². The summed E-state index contributed by atoms with van der Waals surface area (Å²) < 4.78 is 39.2. The number of fused-ring (bicyclic) bond motifs is 2. The van der Waals surface area contributed by atoms with E-state index in [2.05, 4.69) is 25.9 Å². The van der Waals surface area contributed by atoms with Gasteiger partial charge in [0.25, 0.3) is 0 Å². The van der Waals surface area contributed by atoms with Crippen molar-refractivity contribution in [3.63, 3.8) is 0 Å². The Balaban J connectivity index is 1.32. The molecule has 1 aromatic carbocycles. The highest BCUT2D eigenvalue weighted by molar-refractivity contribution is 9.10. The lowest BCUT2D eigenvalue weighted by Crippen LogP contribution is -2.37. The number of nitrogens with zero attached hydrogens (tertiary/aromatic N) is 4. The topological polar surface area (TPSA) is 126 Å². The number of hydrogen-bond donors (Lipinski definition) is 2. The van der Waals surface area contributed by atoms with E-state index in [4.69, 9.17) is 19.9 Å². The van der Waals surface area contributed by atoms with Crippen LogP contribution in [-0.4, -0.2) is 64.8 Å². The van der Waals surface area contributed by atoms with Gasteiger partial charge in [-0.15, -0.1) is 0 Å². The van der Waals surface area contributed by atoms with E-state index in [0.717, 1.165) is 28.6 Å². The number of nitrogens with one attached hydrogen (secondary N) is 2. The van der Waals surface area contributed by atoms with Crippen LogP contribution in [0.2, 0.25) is 0 Å². The van der Waals surface area contributed by atoms with E-state index in [1.165, 1.54) is 18.0 Å². The Bertz CT molecular complexity index is 1380. The molecule has 1 fully saturated rings. The molecule has 2 aliphatic rings. The largest absolute Gasteiger partial charge is 0.486 e. The summed E-state index contributed by atoms with van der Waals surface area (Å²) >= 11 is 5.04. The standard InChI is InChI=1S/C21H25BrN6O4S2/c1-34(29,30)28-6-3-13(4-7-28)2-5-27-12-24-19(23)18-20(27)26-21(25-18)33-17-11-16-15(10-14(17)22)31-8-9-32-16/h10-13,23H,2-9H2,1H3,(H,25,26). The summed E-state index contributed by atoms with van der Waals surface area (Å²) in [5, 5.41) is 8.87. The van der Waals surface area contributed by atoms with Gasteiger partial charge in [-0.1, -0.05) is 11.8 Å². The molecule has 0 radical (unpaired) electrons. The number of hydrogen-bond acceptors (Lipinski definition) is 8. The average Bonchev–Trinajstić information content (AvgIpc) is 3.24. The van der Waals surface area contributed by atoms with Gasteiger partial charge in [0.1, 0.15) is 18.7 Å². The van der Waals surface area contributed by atoms with E-state index in [-0.39, 0.29) is 5.49 Å². The summed E-state index contributed by atoms with van der Waals surface area (Å²) in [4.78, 5) is 13.1. The fraction of sp³-hybridized carbons (Fsp3) is 0.476. The van der Waals surface area contributed by atoms with Gasteiger partial charge in [-0.25, -0.2) is 22.7 Å². The lowest BCUT2D eigenvalue weighted by Gasteiger charge is -2.30. The average molecular weight is 570 g/mol. The lowest BCUT2D eigenvalue weighted by molar-refractivity contribution is 0.171. The van der Waals surface area contributed by atoms with Crippen molar-refractivity contribution in [3.8, 4) is 11.5 Å². The number of halogens is 1. The van der Waals surface area contributed by atoms with Gasteiger partial charge in [-0.3, -0.25) is 5.41 Å². The zero-order chi connectivity index (χ0) is 23.9. The molecule has 2 aromatic heterocycles. The highest BCUT2D eigenvalue weighted by atomic mass is 79.9. The number of ether oxygens (including phenoxy) is 2. The minimum Gasteiger partial charge on any atom is -0.486 e. The molecule has 0 atom stereocenters. The summed E-state index contributed by atoms with van der Waals surface area (Å²) in [6.45, 7) is 2.90. The van der Waals surface area contributed by atoms with Crippen LogP contribution >= 0.6 is 27.7 Å². The zero-order valence-corrected chi connectivity index (χ0v) is 21.8. The normalized spacial score (nSPS) is 17.4. The molecule has 0 spiro atoms. The predicted molar refractivity (Wildman–Crippen MR) is 131 cm³/mol. The van der Waals surface area contributed by atoms with E-state index in [9.17, 15) is 8.42 Å². The van der Waals surface area contributed by atoms with Gasteiger partial charge >= 0.3 is 0 Å². The second-order valence-corrected chi connectivity index (χ2v) is 12.3. The van der Waals surface area contributed by atoms with Gasteiger partial charge in [0.2, 0.25) is 10.0 Å². The Morgan fingerprint density at radius 1 is 1.24 bits per heavy atom. The molecule has 2 N–H and O–H groups in total. The van der Waals surface area contributed by atoms with Crippen LogP contribution in [-0.2, 0) is 16.6 Å². The Hall–Kier alpha value is -2.09. The van der Waals surface area contributed by atoms with Crippen molar-refractivity contribution in [1.82, 2.24) is 23.8 Å². The van der Waals surface area contributed by atoms with Gasteiger partial charge in [-0.2, -0.15) is 0 Å². The second kappa shape index (κ2) is 9.51. The minimum atomic E-state index is -3.12. The number of benzene rings is 1.